The van der Waals surface area contributed by atoms with E-state index >= 15 is 0 Å². The molecule has 0 bridgehead atoms. The number of benzene rings is 2. The van der Waals surface area contributed by atoms with Crippen molar-refractivity contribution in [2.24, 2.45) is 5.73 Å². The van der Waals surface area contributed by atoms with Crippen molar-refractivity contribution in [1.82, 2.24) is 20.1 Å². The summed E-state index contributed by atoms with van der Waals surface area (Å²) in [6.07, 6.45) is -6.04. The maximum absolute atomic E-state index is 14.9. The minimum absolute atomic E-state index is 0.122. The average molecular weight is 686 g/mol. The van der Waals surface area contributed by atoms with Crippen molar-refractivity contribution in [1.29, 1.82) is 0 Å². The Bertz CT molecular complexity index is 1980. The molecule has 18 heteroatoms. The van der Waals surface area contributed by atoms with Crippen molar-refractivity contribution < 1.29 is 59.3 Å². The zero-order chi connectivity index (χ0) is 34.9. The quantitative estimate of drug-likeness (QED) is 0.175. The maximum Gasteiger partial charge on any atom is 0.424 e. The summed E-state index contributed by atoms with van der Waals surface area (Å²) in [6, 6.07) is 3.86. The number of halogens is 8. The summed E-state index contributed by atoms with van der Waals surface area (Å²) >= 11 is 0. The zero-order valence-corrected chi connectivity index (χ0v) is 24.5. The molecule has 48 heavy (non-hydrogen) atoms. The van der Waals surface area contributed by atoms with Gasteiger partial charge in [0.2, 0.25) is 11.5 Å². The Hall–Kier alpha value is -5.00. The van der Waals surface area contributed by atoms with Crippen LogP contribution in [0.15, 0.2) is 36.5 Å². The molecule has 0 saturated heterocycles. The average Bonchev–Trinajstić information content (AvgIpc) is 3.66. The second kappa shape index (κ2) is 11.3. The first-order valence-electron chi connectivity index (χ1n) is 14.1. The summed E-state index contributed by atoms with van der Waals surface area (Å²) in [7, 11) is 1.29. The highest BCUT2D eigenvalue weighted by Gasteiger charge is 2.60. The number of hydrogen-bond donors (Lipinski definition) is 3. The van der Waals surface area contributed by atoms with E-state index in [1.807, 2.05) is 5.32 Å². The van der Waals surface area contributed by atoms with Gasteiger partial charge in [-0.3, -0.25) is 14.3 Å². The molecule has 1 unspecified atom stereocenters. The van der Waals surface area contributed by atoms with Gasteiger partial charge in [-0.1, -0.05) is 0 Å². The Morgan fingerprint density at radius 3 is 2.48 bits per heavy atom. The molecule has 2 aromatic heterocycles. The first kappa shape index (κ1) is 32.9. The second-order valence-electron chi connectivity index (χ2n) is 11.4. The smallest absolute Gasteiger partial charge is 0.424 e. The Labute approximate surface area is 264 Å². The fourth-order valence-corrected chi connectivity index (χ4v) is 5.45. The van der Waals surface area contributed by atoms with Crippen LogP contribution in [0.5, 0.6) is 11.5 Å². The second-order valence-corrected chi connectivity index (χ2v) is 11.4. The molecule has 10 nitrogen and oxygen atoms in total. The third kappa shape index (κ3) is 5.05. The standard InChI is InChI=1S/C30H23F8N5O5/c1-47-18-7-12(6-13-9-43(14-2-3-14)42-22(13)18)25(44)40-10-29(46,30(36,37)38)19-8-16-24(48-11-28(16,26(34)35)27(39)45)23(41-19)15-4-5-17(31)21(33)20(15)32/h4-9,14,26,46H,2-3,10-11H2,1H3,(H2,39,45)(H,40,44)/t28-,29?/m1/s1. The van der Waals surface area contributed by atoms with Gasteiger partial charge in [0.05, 0.1) is 25.4 Å². The van der Waals surface area contributed by atoms with E-state index < -0.39 is 94.3 Å². The van der Waals surface area contributed by atoms with Gasteiger partial charge in [0.1, 0.15) is 29.3 Å². The molecule has 0 spiro atoms. The minimum Gasteiger partial charge on any atom is -0.494 e. The molecule has 254 valence electrons. The number of nitrogens with zero attached hydrogens (tertiary/aromatic N) is 3. The van der Waals surface area contributed by atoms with E-state index in [4.69, 9.17) is 15.2 Å². The van der Waals surface area contributed by atoms with Crippen molar-refractivity contribution in [2.75, 3.05) is 20.3 Å². The number of methoxy groups -OCH3 is 1. The van der Waals surface area contributed by atoms with Gasteiger partial charge in [-0.05, 0) is 43.2 Å². The van der Waals surface area contributed by atoms with Crippen LogP contribution in [0.1, 0.15) is 40.5 Å². The number of carbonyl (C=O) groups excluding carboxylic acids is 2. The summed E-state index contributed by atoms with van der Waals surface area (Å²) in [6.45, 7) is -2.94. The third-order valence-corrected chi connectivity index (χ3v) is 8.39. The molecular formula is C30H23F8N5O5. The molecule has 6 rings (SSSR count). The minimum atomic E-state index is -5.72. The van der Waals surface area contributed by atoms with Gasteiger partial charge in [-0.15, -0.1) is 0 Å². The Kier molecular flexibility index (Phi) is 7.76. The molecule has 4 aromatic rings. The Balaban J connectivity index is 1.46. The number of fused-ring (bicyclic) bond motifs is 2. The summed E-state index contributed by atoms with van der Waals surface area (Å²) in [5, 5.41) is 17.9. The van der Waals surface area contributed by atoms with Gasteiger partial charge < -0.3 is 25.6 Å². The predicted molar refractivity (Wildman–Crippen MR) is 149 cm³/mol. The maximum atomic E-state index is 14.9. The molecule has 1 saturated carbocycles. The first-order chi connectivity index (χ1) is 22.5. The van der Waals surface area contributed by atoms with Crippen molar-refractivity contribution in [3.8, 4) is 22.8 Å². The van der Waals surface area contributed by atoms with Crippen LogP contribution in [0.25, 0.3) is 22.2 Å². The molecule has 1 aliphatic heterocycles. The van der Waals surface area contributed by atoms with Crippen LogP contribution < -0.4 is 20.5 Å². The van der Waals surface area contributed by atoms with E-state index in [0.717, 1.165) is 12.8 Å². The lowest BCUT2D eigenvalue weighted by molar-refractivity contribution is -0.265. The number of amides is 2. The normalized spacial score (nSPS) is 18.8. The fourth-order valence-electron chi connectivity index (χ4n) is 5.45. The highest BCUT2D eigenvalue weighted by molar-refractivity contribution is 6.00. The van der Waals surface area contributed by atoms with E-state index in [-0.39, 0.29) is 23.4 Å². The highest BCUT2D eigenvalue weighted by Crippen LogP contribution is 2.50. The van der Waals surface area contributed by atoms with E-state index in [1.54, 1.807) is 10.9 Å². The van der Waals surface area contributed by atoms with E-state index in [0.29, 0.717) is 23.0 Å². The molecule has 1 fully saturated rings. The molecule has 1 aliphatic carbocycles. The van der Waals surface area contributed by atoms with Gasteiger partial charge in [0, 0.05) is 28.3 Å². The van der Waals surface area contributed by atoms with Crippen LogP contribution in [0, 0.1) is 17.5 Å². The summed E-state index contributed by atoms with van der Waals surface area (Å²) in [4.78, 5) is 29.2. The molecule has 4 N–H and O–H groups in total. The Morgan fingerprint density at radius 1 is 1.17 bits per heavy atom. The molecule has 3 heterocycles. The largest absolute Gasteiger partial charge is 0.494 e. The fraction of sp³-hybridized carbons (Fsp3) is 0.333. The molecular weight excluding hydrogens is 662 g/mol. The summed E-state index contributed by atoms with van der Waals surface area (Å²) in [5.41, 5.74) is -6.61. The van der Waals surface area contributed by atoms with Crippen molar-refractivity contribution >= 4 is 22.7 Å². The third-order valence-electron chi connectivity index (χ3n) is 8.39. The predicted octanol–water partition coefficient (Wildman–Crippen LogP) is 4.42. The lowest BCUT2D eigenvalue weighted by atomic mass is 9.80. The number of nitrogens with one attached hydrogen (secondary N) is 1. The number of ether oxygens (including phenoxy) is 2. The van der Waals surface area contributed by atoms with E-state index in [2.05, 4.69) is 10.1 Å². The zero-order valence-electron chi connectivity index (χ0n) is 24.5. The number of hydrogen-bond acceptors (Lipinski definition) is 7. The van der Waals surface area contributed by atoms with Crippen molar-refractivity contribution in [2.45, 2.75) is 42.5 Å². The molecule has 2 aliphatic rings. The lowest BCUT2D eigenvalue weighted by Gasteiger charge is -2.32. The topological polar surface area (TPSA) is 142 Å². The van der Waals surface area contributed by atoms with Gasteiger partial charge >= 0.3 is 6.18 Å². The van der Waals surface area contributed by atoms with E-state index in [1.165, 1.54) is 19.2 Å². The van der Waals surface area contributed by atoms with Crippen molar-refractivity contribution in [3.63, 3.8) is 0 Å². The molecule has 2 atom stereocenters. The molecule has 2 amide bonds. The number of pyridine rings is 1. The molecule has 0 radical (unpaired) electrons. The van der Waals surface area contributed by atoms with Gasteiger partial charge in [-0.2, -0.15) is 18.3 Å². The van der Waals surface area contributed by atoms with Gasteiger partial charge in [-0.25, -0.2) is 26.9 Å². The summed E-state index contributed by atoms with van der Waals surface area (Å²) < 4.78 is 128. The number of alkyl halides is 5. The lowest BCUT2D eigenvalue weighted by Crippen LogP contribution is -2.52. The highest BCUT2D eigenvalue weighted by atomic mass is 19.4. The monoisotopic (exact) mass is 685 g/mol. The number of carbonyl (C=O) groups is 2. The summed E-state index contributed by atoms with van der Waals surface area (Å²) in [5.74, 6) is -9.45. The number of aromatic nitrogens is 3. The molecule has 2 aromatic carbocycles. The van der Waals surface area contributed by atoms with Gasteiger partial charge in [0.25, 0.3) is 12.3 Å². The van der Waals surface area contributed by atoms with Crippen LogP contribution in [-0.4, -0.2) is 64.5 Å². The van der Waals surface area contributed by atoms with Crippen LogP contribution in [0.2, 0.25) is 0 Å². The van der Waals surface area contributed by atoms with Crippen LogP contribution in [0.4, 0.5) is 35.1 Å². The van der Waals surface area contributed by atoms with Crippen molar-refractivity contribution in [3.05, 3.63) is 70.8 Å². The van der Waals surface area contributed by atoms with Crippen LogP contribution in [-0.2, 0) is 15.8 Å². The number of rotatable bonds is 9. The number of aliphatic hydroxyl groups is 1. The number of nitrogens with two attached hydrogens (primary N) is 1. The Morgan fingerprint density at radius 2 is 1.88 bits per heavy atom. The van der Waals surface area contributed by atoms with Crippen LogP contribution >= 0.6 is 0 Å². The SMILES string of the molecule is COc1cc(C(=O)NCC(O)(c2cc3c(c(-c4ccc(F)c(F)c4F)n2)OC[C@]3(C(N)=O)C(F)F)C(F)(F)F)cc2cn(C3CC3)nc12. The van der Waals surface area contributed by atoms with Gasteiger partial charge in [0.15, 0.2) is 22.9 Å². The van der Waals surface area contributed by atoms with E-state index in [9.17, 15) is 49.8 Å². The first-order valence-corrected chi connectivity index (χ1v) is 14.1. The number of primary amides is 1. The van der Waals surface area contributed by atoms with Crippen LogP contribution in [0.3, 0.4) is 0 Å².